The molecule has 0 saturated carbocycles. The fourth-order valence-electron chi connectivity index (χ4n) is 3.15. The third kappa shape index (κ3) is 4.96. The Morgan fingerprint density at radius 1 is 1.25 bits per heavy atom. The molecule has 1 aliphatic heterocycles. The maximum atomic E-state index is 12.9. The van der Waals surface area contributed by atoms with Crippen LogP contribution in [-0.4, -0.2) is 48.9 Å². The Bertz CT molecular complexity index is 915. The molecule has 2 heterocycles. The summed E-state index contributed by atoms with van der Waals surface area (Å²) in [5.41, 5.74) is 1.30. The number of anilines is 1. The van der Waals surface area contributed by atoms with Crippen LogP contribution in [0.5, 0.6) is 0 Å². The summed E-state index contributed by atoms with van der Waals surface area (Å²) in [7, 11) is -3.59. The van der Waals surface area contributed by atoms with Crippen molar-refractivity contribution in [1.29, 1.82) is 0 Å². The molecule has 1 N–H and O–H groups in total. The highest BCUT2D eigenvalue weighted by atomic mass is 32.2. The van der Waals surface area contributed by atoms with Gasteiger partial charge in [-0.3, -0.25) is 4.79 Å². The zero-order valence-corrected chi connectivity index (χ0v) is 17.8. The number of thiazole rings is 1. The molecule has 0 radical (unpaired) electrons. The average molecular weight is 424 g/mol. The van der Waals surface area contributed by atoms with Crippen molar-refractivity contribution >= 4 is 33.0 Å². The molecule has 1 aromatic carbocycles. The minimum Gasteiger partial charge on any atom is -0.373 e. The number of nitrogens with zero attached hydrogens (tertiary/aromatic N) is 2. The molecule has 1 fully saturated rings. The maximum absolute atomic E-state index is 12.9. The summed E-state index contributed by atoms with van der Waals surface area (Å²) in [5, 5.41) is 5.68. The zero-order chi connectivity index (χ0) is 20.3. The van der Waals surface area contributed by atoms with Gasteiger partial charge in [-0.1, -0.05) is 6.92 Å². The lowest BCUT2D eigenvalue weighted by Gasteiger charge is -2.34. The number of hydrogen-bond acceptors (Lipinski definition) is 6. The van der Waals surface area contributed by atoms with Crippen molar-refractivity contribution in [3.63, 3.8) is 0 Å². The van der Waals surface area contributed by atoms with E-state index in [0.29, 0.717) is 18.8 Å². The number of aromatic nitrogens is 1. The second-order valence-corrected chi connectivity index (χ2v) is 9.80. The number of benzene rings is 1. The summed E-state index contributed by atoms with van der Waals surface area (Å²) >= 11 is 1.54. The summed E-state index contributed by atoms with van der Waals surface area (Å²) < 4.78 is 32.8. The second-order valence-electron chi connectivity index (χ2n) is 6.91. The van der Waals surface area contributed by atoms with Crippen molar-refractivity contribution in [3.05, 3.63) is 40.3 Å². The van der Waals surface area contributed by atoms with E-state index >= 15 is 0 Å². The van der Waals surface area contributed by atoms with Gasteiger partial charge in [0.05, 0.1) is 34.2 Å². The summed E-state index contributed by atoms with van der Waals surface area (Å²) in [6.07, 6.45) is 0.760. The van der Waals surface area contributed by atoms with Crippen LogP contribution < -0.4 is 5.32 Å². The van der Waals surface area contributed by atoms with Crippen LogP contribution in [0, 0.1) is 0 Å². The lowest BCUT2D eigenvalue weighted by Crippen LogP contribution is -2.48. The third-order valence-electron chi connectivity index (χ3n) is 4.41. The van der Waals surface area contributed by atoms with E-state index in [4.69, 9.17) is 4.74 Å². The molecule has 2 atom stereocenters. The van der Waals surface area contributed by atoms with Gasteiger partial charge in [-0.2, -0.15) is 4.31 Å². The number of nitrogens with one attached hydrogen (secondary N) is 1. The van der Waals surface area contributed by atoms with Gasteiger partial charge in [-0.25, -0.2) is 13.4 Å². The van der Waals surface area contributed by atoms with Crippen molar-refractivity contribution in [2.75, 3.05) is 18.4 Å². The molecule has 1 aliphatic rings. The number of rotatable bonds is 6. The van der Waals surface area contributed by atoms with Crippen molar-refractivity contribution in [1.82, 2.24) is 9.29 Å². The molecule has 0 aliphatic carbocycles. The Balaban J connectivity index is 1.64. The van der Waals surface area contributed by atoms with Crippen LogP contribution in [0.25, 0.3) is 0 Å². The van der Waals surface area contributed by atoms with Gasteiger partial charge in [-0.05, 0) is 44.5 Å². The monoisotopic (exact) mass is 423 g/mol. The fourth-order valence-corrected chi connectivity index (χ4v) is 5.48. The van der Waals surface area contributed by atoms with Crippen LogP contribution in [0.4, 0.5) is 5.69 Å². The molecule has 1 amide bonds. The highest BCUT2D eigenvalue weighted by Gasteiger charge is 2.32. The van der Waals surface area contributed by atoms with Crippen molar-refractivity contribution in [2.24, 2.45) is 0 Å². The van der Waals surface area contributed by atoms with Crippen LogP contribution in [-0.2, 0) is 32.4 Å². The molecular weight excluding hydrogens is 398 g/mol. The van der Waals surface area contributed by atoms with E-state index in [0.717, 1.165) is 17.1 Å². The number of amides is 1. The zero-order valence-electron chi connectivity index (χ0n) is 16.2. The number of hydrogen-bond donors (Lipinski definition) is 1. The lowest BCUT2D eigenvalue weighted by molar-refractivity contribution is -0.115. The summed E-state index contributed by atoms with van der Waals surface area (Å²) in [6.45, 7) is 6.42. The Kier molecular flexibility index (Phi) is 6.49. The number of carbonyl (C=O) groups is 1. The molecule has 9 heteroatoms. The van der Waals surface area contributed by atoms with E-state index < -0.39 is 10.0 Å². The standard InChI is InChI=1S/C19H25N3O4S2/c1-4-19-21-16(12-27-19)9-18(23)20-15-5-7-17(8-6-15)28(24,25)22-10-13(2)26-14(3)11-22/h5-8,12-14H,4,9-11H2,1-3H3,(H,20,23). The van der Waals surface area contributed by atoms with Crippen molar-refractivity contribution in [3.8, 4) is 0 Å². The summed E-state index contributed by atoms with van der Waals surface area (Å²) in [4.78, 5) is 16.8. The molecule has 2 unspecified atom stereocenters. The first-order valence-electron chi connectivity index (χ1n) is 9.26. The average Bonchev–Trinajstić information content (AvgIpc) is 3.08. The van der Waals surface area contributed by atoms with Gasteiger partial charge < -0.3 is 10.1 Å². The van der Waals surface area contributed by atoms with E-state index in [1.54, 1.807) is 23.5 Å². The Labute approximate surface area is 169 Å². The number of carbonyl (C=O) groups excluding carboxylic acids is 1. The molecule has 1 aromatic heterocycles. The van der Waals surface area contributed by atoms with E-state index in [-0.39, 0.29) is 29.4 Å². The number of aryl methyl sites for hydroxylation is 1. The van der Waals surface area contributed by atoms with Gasteiger partial charge in [0.1, 0.15) is 0 Å². The van der Waals surface area contributed by atoms with E-state index in [2.05, 4.69) is 10.3 Å². The Morgan fingerprint density at radius 2 is 1.89 bits per heavy atom. The molecule has 152 valence electrons. The Hall–Kier alpha value is -1.81. The molecule has 0 bridgehead atoms. The van der Waals surface area contributed by atoms with Gasteiger partial charge in [0.15, 0.2) is 0 Å². The third-order valence-corrected chi connectivity index (χ3v) is 7.29. The Morgan fingerprint density at radius 3 is 2.46 bits per heavy atom. The van der Waals surface area contributed by atoms with Crippen LogP contribution in [0.1, 0.15) is 31.5 Å². The molecule has 7 nitrogen and oxygen atoms in total. The smallest absolute Gasteiger partial charge is 0.243 e. The predicted molar refractivity (Wildman–Crippen MR) is 109 cm³/mol. The van der Waals surface area contributed by atoms with Gasteiger partial charge in [0.25, 0.3) is 0 Å². The lowest BCUT2D eigenvalue weighted by atomic mass is 10.3. The number of ether oxygens (including phenoxy) is 1. The SMILES string of the molecule is CCc1nc(CC(=O)Nc2ccc(S(=O)(=O)N3CC(C)OC(C)C3)cc2)cs1. The van der Waals surface area contributed by atoms with Crippen molar-refractivity contribution in [2.45, 2.75) is 50.7 Å². The molecule has 3 rings (SSSR count). The van der Waals surface area contributed by atoms with Crippen molar-refractivity contribution < 1.29 is 17.9 Å². The maximum Gasteiger partial charge on any atom is 0.243 e. The van der Waals surface area contributed by atoms with Gasteiger partial charge in [0.2, 0.25) is 15.9 Å². The number of morpholine rings is 1. The van der Waals surface area contributed by atoms with E-state index in [9.17, 15) is 13.2 Å². The highest BCUT2D eigenvalue weighted by Crippen LogP contribution is 2.22. The molecule has 1 saturated heterocycles. The quantitative estimate of drug-likeness (QED) is 0.772. The first-order chi connectivity index (χ1) is 13.3. The van der Waals surface area contributed by atoms with E-state index in [1.807, 2.05) is 26.2 Å². The topological polar surface area (TPSA) is 88.6 Å². The van der Waals surface area contributed by atoms with Crippen LogP contribution in [0.15, 0.2) is 34.5 Å². The van der Waals surface area contributed by atoms with Gasteiger partial charge >= 0.3 is 0 Å². The first kappa shape index (κ1) is 20.9. The van der Waals surface area contributed by atoms with Crippen LogP contribution in [0.3, 0.4) is 0 Å². The highest BCUT2D eigenvalue weighted by molar-refractivity contribution is 7.89. The van der Waals surface area contributed by atoms with Crippen LogP contribution in [0.2, 0.25) is 0 Å². The predicted octanol–water partition coefficient (Wildman–Crippen LogP) is 2.68. The normalized spacial score (nSPS) is 20.8. The molecule has 2 aromatic rings. The van der Waals surface area contributed by atoms with E-state index in [1.165, 1.54) is 16.4 Å². The molecular formula is C19H25N3O4S2. The fraction of sp³-hybridized carbons (Fsp3) is 0.474. The first-order valence-corrected chi connectivity index (χ1v) is 11.6. The van der Waals surface area contributed by atoms with Gasteiger partial charge in [-0.15, -0.1) is 11.3 Å². The number of sulfonamides is 1. The summed E-state index contributed by atoms with van der Waals surface area (Å²) in [5.74, 6) is -0.181. The minimum atomic E-state index is -3.59. The van der Waals surface area contributed by atoms with Crippen LogP contribution >= 0.6 is 11.3 Å². The second kappa shape index (κ2) is 8.69. The van der Waals surface area contributed by atoms with Gasteiger partial charge in [0, 0.05) is 24.2 Å². The minimum absolute atomic E-state index is 0.143. The molecule has 28 heavy (non-hydrogen) atoms. The largest absolute Gasteiger partial charge is 0.373 e. The summed E-state index contributed by atoms with van der Waals surface area (Å²) in [6, 6.07) is 6.26. The molecule has 0 spiro atoms.